The molecule has 1 aromatic heterocycles. The first-order valence-corrected chi connectivity index (χ1v) is 9.69. The summed E-state index contributed by atoms with van der Waals surface area (Å²) in [4.78, 5) is 36.4. The maximum atomic E-state index is 12.4. The average molecular weight is 387 g/mol. The van der Waals surface area contributed by atoms with Crippen molar-refractivity contribution < 1.29 is 23.9 Å². The van der Waals surface area contributed by atoms with E-state index in [1.807, 2.05) is 37.3 Å². The zero-order valence-corrected chi connectivity index (χ0v) is 16.0. The molecule has 1 aliphatic rings. The molecule has 0 aliphatic heterocycles. The lowest BCUT2D eigenvalue weighted by Crippen LogP contribution is -2.22. The molecule has 1 amide bonds. The first-order chi connectivity index (χ1) is 13.0. The smallest absolute Gasteiger partial charge is 0.341 e. The monoisotopic (exact) mass is 387 g/mol. The van der Waals surface area contributed by atoms with Crippen molar-refractivity contribution in [1.29, 1.82) is 0 Å². The van der Waals surface area contributed by atoms with Gasteiger partial charge in [-0.05, 0) is 24.8 Å². The summed E-state index contributed by atoms with van der Waals surface area (Å²) in [6.45, 7) is 3.55. The Morgan fingerprint density at radius 2 is 1.89 bits per heavy atom. The van der Waals surface area contributed by atoms with Crippen LogP contribution in [-0.4, -0.2) is 31.1 Å². The molecule has 1 aromatic carbocycles. The van der Waals surface area contributed by atoms with Gasteiger partial charge in [0.15, 0.2) is 6.61 Å². The van der Waals surface area contributed by atoms with Crippen molar-refractivity contribution in [1.82, 2.24) is 0 Å². The van der Waals surface area contributed by atoms with Gasteiger partial charge in [-0.2, -0.15) is 0 Å². The fourth-order valence-corrected chi connectivity index (χ4v) is 3.72. The predicted octanol–water partition coefficient (Wildman–Crippen LogP) is 3.73. The number of anilines is 1. The van der Waals surface area contributed by atoms with Crippen molar-refractivity contribution in [2.45, 2.75) is 20.3 Å². The van der Waals surface area contributed by atoms with Crippen LogP contribution in [0.25, 0.3) is 11.1 Å². The van der Waals surface area contributed by atoms with Gasteiger partial charge in [0.1, 0.15) is 10.6 Å². The number of carbonyl (C=O) groups excluding carboxylic acids is 3. The number of hydrogen-bond donors (Lipinski definition) is 1. The van der Waals surface area contributed by atoms with E-state index in [-0.39, 0.29) is 25.1 Å². The number of amides is 1. The highest BCUT2D eigenvalue weighted by molar-refractivity contribution is 7.15. The summed E-state index contributed by atoms with van der Waals surface area (Å²) in [5.41, 5.74) is 1.85. The molecule has 142 valence electrons. The number of nitrogens with one attached hydrogen (secondary N) is 1. The fourth-order valence-electron chi connectivity index (χ4n) is 2.74. The third kappa shape index (κ3) is 4.54. The van der Waals surface area contributed by atoms with E-state index in [1.165, 1.54) is 11.3 Å². The molecule has 2 aromatic rings. The average Bonchev–Trinajstić information content (AvgIpc) is 3.25. The van der Waals surface area contributed by atoms with Crippen LogP contribution in [0.5, 0.6) is 0 Å². The molecule has 1 N–H and O–H groups in total. The van der Waals surface area contributed by atoms with E-state index >= 15 is 0 Å². The molecule has 6 nitrogen and oxygen atoms in total. The summed E-state index contributed by atoms with van der Waals surface area (Å²) in [7, 11) is 0. The van der Waals surface area contributed by atoms with Crippen LogP contribution >= 0.6 is 11.3 Å². The first-order valence-electron chi connectivity index (χ1n) is 8.81. The first kappa shape index (κ1) is 19.1. The summed E-state index contributed by atoms with van der Waals surface area (Å²) in [6, 6.07) is 9.40. The SMILES string of the molecule is CCOC(=O)c1c(-c2ccccc2)csc1NC(=O)COC(=O)[C@H]1C[C@@H]1C. The van der Waals surface area contributed by atoms with Crippen LogP contribution in [0, 0.1) is 11.8 Å². The van der Waals surface area contributed by atoms with Gasteiger partial charge in [-0.3, -0.25) is 9.59 Å². The summed E-state index contributed by atoms with van der Waals surface area (Å²) in [6.07, 6.45) is 0.804. The molecule has 1 fully saturated rings. The largest absolute Gasteiger partial charge is 0.462 e. The third-order valence-corrected chi connectivity index (χ3v) is 5.26. The van der Waals surface area contributed by atoms with E-state index in [9.17, 15) is 14.4 Å². The maximum Gasteiger partial charge on any atom is 0.341 e. The van der Waals surface area contributed by atoms with Crippen molar-refractivity contribution in [3.63, 3.8) is 0 Å². The van der Waals surface area contributed by atoms with Gasteiger partial charge < -0.3 is 14.8 Å². The molecule has 1 aliphatic carbocycles. The molecule has 2 atom stereocenters. The number of hydrogen-bond acceptors (Lipinski definition) is 6. The van der Waals surface area contributed by atoms with Gasteiger partial charge in [-0.25, -0.2) is 4.79 Å². The van der Waals surface area contributed by atoms with Crippen molar-refractivity contribution >= 4 is 34.2 Å². The molecular weight excluding hydrogens is 366 g/mol. The van der Waals surface area contributed by atoms with Crippen LogP contribution < -0.4 is 5.32 Å². The van der Waals surface area contributed by atoms with Gasteiger partial charge in [0.25, 0.3) is 5.91 Å². The highest BCUT2D eigenvalue weighted by atomic mass is 32.1. The predicted molar refractivity (Wildman–Crippen MR) is 103 cm³/mol. The van der Waals surface area contributed by atoms with E-state index in [0.717, 1.165) is 12.0 Å². The maximum absolute atomic E-state index is 12.4. The van der Waals surface area contributed by atoms with E-state index in [0.29, 0.717) is 22.0 Å². The number of benzene rings is 1. The van der Waals surface area contributed by atoms with E-state index < -0.39 is 11.9 Å². The third-order valence-electron chi connectivity index (χ3n) is 4.37. The lowest BCUT2D eigenvalue weighted by atomic mass is 10.0. The molecular formula is C20H21NO5S. The quantitative estimate of drug-likeness (QED) is 0.732. The number of esters is 2. The molecule has 0 saturated heterocycles. The molecule has 0 radical (unpaired) electrons. The molecule has 0 bridgehead atoms. The van der Waals surface area contributed by atoms with Crippen LogP contribution in [0.4, 0.5) is 5.00 Å². The van der Waals surface area contributed by atoms with Gasteiger partial charge in [0.05, 0.1) is 12.5 Å². The Hall–Kier alpha value is -2.67. The Kier molecular flexibility index (Phi) is 5.91. The normalized spacial score (nSPS) is 17.9. The molecule has 1 saturated carbocycles. The Morgan fingerprint density at radius 3 is 2.52 bits per heavy atom. The van der Waals surface area contributed by atoms with Crippen LogP contribution in [-0.2, 0) is 19.1 Å². The van der Waals surface area contributed by atoms with Gasteiger partial charge >= 0.3 is 11.9 Å². The van der Waals surface area contributed by atoms with Crippen molar-refractivity contribution in [3.05, 3.63) is 41.3 Å². The van der Waals surface area contributed by atoms with E-state index in [2.05, 4.69) is 5.32 Å². The second kappa shape index (κ2) is 8.35. The van der Waals surface area contributed by atoms with Crippen molar-refractivity contribution in [3.8, 4) is 11.1 Å². The fraction of sp³-hybridized carbons (Fsp3) is 0.350. The lowest BCUT2D eigenvalue weighted by Gasteiger charge is -2.09. The van der Waals surface area contributed by atoms with Gasteiger partial charge in [-0.15, -0.1) is 11.3 Å². The minimum absolute atomic E-state index is 0.0979. The van der Waals surface area contributed by atoms with Gasteiger partial charge in [0, 0.05) is 10.9 Å². The van der Waals surface area contributed by atoms with Crippen LogP contribution in [0.1, 0.15) is 30.6 Å². The Morgan fingerprint density at radius 1 is 1.19 bits per heavy atom. The number of ether oxygens (including phenoxy) is 2. The number of rotatable bonds is 7. The molecule has 0 unspecified atom stereocenters. The Bertz CT molecular complexity index is 845. The van der Waals surface area contributed by atoms with Crippen molar-refractivity contribution in [2.75, 3.05) is 18.5 Å². The van der Waals surface area contributed by atoms with Crippen LogP contribution in [0.3, 0.4) is 0 Å². The molecule has 7 heteroatoms. The molecule has 0 spiro atoms. The summed E-state index contributed by atoms with van der Waals surface area (Å²) in [5.74, 6) is -1.11. The lowest BCUT2D eigenvalue weighted by molar-refractivity contribution is -0.148. The minimum atomic E-state index is -0.503. The topological polar surface area (TPSA) is 81.7 Å². The summed E-state index contributed by atoms with van der Waals surface area (Å²) < 4.78 is 10.2. The minimum Gasteiger partial charge on any atom is -0.462 e. The summed E-state index contributed by atoms with van der Waals surface area (Å²) >= 11 is 1.23. The Labute approximate surface area is 161 Å². The van der Waals surface area contributed by atoms with E-state index in [1.54, 1.807) is 12.3 Å². The second-order valence-corrected chi connectivity index (χ2v) is 7.30. The number of carbonyl (C=O) groups is 3. The van der Waals surface area contributed by atoms with E-state index in [4.69, 9.17) is 9.47 Å². The van der Waals surface area contributed by atoms with Crippen molar-refractivity contribution in [2.24, 2.45) is 11.8 Å². The summed E-state index contributed by atoms with van der Waals surface area (Å²) in [5, 5.41) is 4.85. The molecule has 1 heterocycles. The van der Waals surface area contributed by atoms with Gasteiger partial charge in [0.2, 0.25) is 0 Å². The highest BCUT2D eigenvalue weighted by Gasteiger charge is 2.40. The molecule has 3 rings (SSSR count). The highest BCUT2D eigenvalue weighted by Crippen LogP contribution is 2.39. The van der Waals surface area contributed by atoms with Gasteiger partial charge in [-0.1, -0.05) is 37.3 Å². The zero-order chi connectivity index (χ0) is 19.4. The zero-order valence-electron chi connectivity index (χ0n) is 15.2. The van der Waals surface area contributed by atoms with Crippen LogP contribution in [0.15, 0.2) is 35.7 Å². The van der Waals surface area contributed by atoms with Crippen LogP contribution in [0.2, 0.25) is 0 Å². The molecule has 27 heavy (non-hydrogen) atoms. The Balaban J connectivity index is 1.74. The number of thiophene rings is 1. The standard InChI is InChI=1S/C20H21NO5S/c1-3-25-20(24)17-15(13-7-5-4-6-8-13)11-27-18(17)21-16(22)10-26-19(23)14-9-12(14)2/h4-8,11-12,14H,3,9-10H2,1-2H3,(H,21,22)/t12-,14-/m0/s1. The second-order valence-electron chi connectivity index (χ2n) is 6.42.